The minimum Gasteiger partial charge on any atom is -0.328 e. The number of alkyl halides is 3. The third-order valence-electron chi connectivity index (χ3n) is 0.587. The standard InChI is InChI=1S/C4H8BrF2NO.ClH/c5-3-4(6,7)9-2-1-8;/h1-3,8H2;1H. The molecule has 0 radical (unpaired) electrons. The molecular weight excluding hydrogens is 231 g/mol. The lowest BCUT2D eigenvalue weighted by molar-refractivity contribution is -0.217. The molecule has 0 aromatic carbocycles. The highest BCUT2D eigenvalue weighted by atomic mass is 79.9. The first kappa shape index (κ1) is 13.2. The van der Waals surface area contributed by atoms with Gasteiger partial charge < -0.3 is 10.5 Å². The van der Waals surface area contributed by atoms with E-state index in [2.05, 4.69) is 20.7 Å². The van der Waals surface area contributed by atoms with Crippen molar-refractivity contribution in [1.29, 1.82) is 0 Å². The summed E-state index contributed by atoms with van der Waals surface area (Å²) in [5.74, 6) is 0. The van der Waals surface area contributed by atoms with E-state index in [9.17, 15) is 8.78 Å². The first-order valence-corrected chi connectivity index (χ1v) is 3.52. The maximum Gasteiger partial charge on any atom is 0.365 e. The van der Waals surface area contributed by atoms with E-state index in [4.69, 9.17) is 5.73 Å². The molecule has 0 bridgehead atoms. The molecule has 2 N–H and O–H groups in total. The van der Waals surface area contributed by atoms with E-state index in [0.717, 1.165) is 0 Å². The number of nitrogens with two attached hydrogens (primary N) is 1. The number of hydrogen-bond donors (Lipinski definition) is 1. The maximum absolute atomic E-state index is 12.0. The Morgan fingerprint density at radius 2 is 2.00 bits per heavy atom. The van der Waals surface area contributed by atoms with Crippen LogP contribution in [0, 0.1) is 0 Å². The van der Waals surface area contributed by atoms with Crippen molar-refractivity contribution in [1.82, 2.24) is 0 Å². The summed E-state index contributed by atoms with van der Waals surface area (Å²) in [6.45, 7) is 0.00118. The van der Waals surface area contributed by atoms with E-state index in [1.54, 1.807) is 0 Å². The monoisotopic (exact) mass is 239 g/mol. The third-order valence-corrected chi connectivity index (χ3v) is 1.24. The molecule has 0 unspecified atom stereocenters. The lowest BCUT2D eigenvalue weighted by Gasteiger charge is -2.11. The molecule has 6 heteroatoms. The van der Waals surface area contributed by atoms with Gasteiger partial charge in [-0.15, -0.1) is 12.4 Å². The molecule has 10 heavy (non-hydrogen) atoms. The topological polar surface area (TPSA) is 35.2 Å². The van der Waals surface area contributed by atoms with Gasteiger partial charge in [-0.2, -0.15) is 8.78 Å². The fourth-order valence-corrected chi connectivity index (χ4v) is 0.409. The van der Waals surface area contributed by atoms with E-state index in [1.165, 1.54) is 0 Å². The Kier molecular flexibility index (Phi) is 8.26. The van der Waals surface area contributed by atoms with Crippen LogP contribution in [-0.2, 0) is 4.74 Å². The quantitative estimate of drug-likeness (QED) is 0.753. The largest absolute Gasteiger partial charge is 0.365 e. The Bertz CT molecular complexity index is 85.7. The van der Waals surface area contributed by atoms with Gasteiger partial charge in [-0.25, -0.2) is 0 Å². The summed E-state index contributed by atoms with van der Waals surface area (Å²) in [7, 11) is 0. The van der Waals surface area contributed by atoms with Crippen molar-refractivity contribution < 1.29 is 13.5 Å². The number of rotatable bonds is 4. The Morgan fingerprint density at radius 3 is 2.30 bits per heavy atom. The third kappa shape index (κ3) is 6.67. The summed E-state index contributed by atoms with van der Waals surface area (Å²) < 4.78 is 28.1. The molecule has 0 amide bonds. The van der Waals surface area contributed by atoms with Crippen LogP contribution in [0.1, 0.15) is 0 Å². The van der Waals surface area contributed by atoms with Crippen LogP contribution in [0.15, 0.2) is 0 Å². The van der Waals surface area contributed by atoms with Crippen molar-refractivity contribution in [3.63, 3.8) is 0 Å². The molecule has 64 valence electrons. The van der Waals surface area contributed by atoms with Crippen LogP contribution in [-0.4, -0.2) is 24.6 Å². The minimum absolute atomic E-state index is 0. The van der Waals surface area contributed by atoms with Gasteiger partial charge in [0.25, 0.3) is 0 Å². The molecule has 0 heterocycles. The van der Waals surface area contributed by atoms with Gasteiger partial charge in [-0.1, -0.05) is 15.9 Å². The molecule has 0 fully saturated rings. The van der Waals surface area contributed by atoms with E-state index in [0.29, 0.717) is 0 Å². The van der Waals surface area contributed by atoms with Crippen LogP contribution in [0.2, 0.25) is 0 Å². The van der Waals surface area contributed by atoms with E-state index < -0.39 is 11.4 Å². The normalized spacial score (nSPS) is 10.8. The molecule has 0 aliphatic heterocycles. The predicted molar refractivity (Wildman–Crippen MR) is 41.0 cm³/mol. The second-order valence-electron chi connectivity index (χ2n) is 1.41. The van der Waals surface area contributed by atoms with Gasteiger partial charge in [0.15, 0.2) is 0 Å². The molecule has 0 saturated heterocycles. The number of hydrogen-bond acceptors (Lipinski definition) is 2. The Hall–Kier alpha value is 0.550. The summed E-state index contributed by atoms with van der Waals surface area (Å²) in [6, 6.07) is 0. The summed E-state index contributed by atoms with van der Waals surface area (Å²) >= 11 is 2.59. The Labute approximate surface area is 72.6 Å². The van der Waals surface area contributed by atoms with E-state index in [-0.39, 0.29) is 25.6 Å². The molecule has 2 nitrogen and oxygen atoms in total. The summed E-state index contributed by atoms with van der Waals surface area (Å²) in [5.41, 5.74) is 4.92. The average Bonchev–Trinajstić information content (AvgIpc) is 1.84. The predicted octanol–water partition coefficient (Wildman–Crippen LogP) is 1.37. The summed E-state index contributed by atoms with van der Waals surface area (Å²) in [5, 5.41) is -0.486. The second-order valence-corrected chi connectivity index (χ2v) is 1.97. The van der Waals surface area contributed by atoms with Gasteiger partial charge in [0.2, 0.25) is 0 Å². The fraction of sp³-hybridized carbons (Fsp3) is 1.00. The van der Waals surface area contributed by atoms with Crippen molar-refractivity contribution in [2.75, 3.05) is 18.5 Å². The summed E-state index contributed by atoms with van der Waals surface area (Å²) in [4.78, 5) is 0. The molecule has 0 aromatic heterocycles. The molecule has 0 atom stereocenters. The van der Waals surface area contributed by atoms with Crippen LogP contribution in [0.4, 0.5) is 8.78 Å². The molecule has 0 aliphatic rings. The number of halogens is 4. The second kappa shape index (κ2) is 6.27. The molecule has 0 aromatic rings. The highest BCUT2D eigenvalue weighted by molar-refractivity contribution is 9.09. The smallest absolute Gasteiger partial charge is 0.328 e. The molecule has 0 saturated carbocycles. The molecular formula is C4H9BrClF2NO. The van der Waals surface area contributed by atoms with E-state index in [1.807, 2.05) is 0 Å². The highest BCUT2D eigenvalue weighted by Gasteiger charge is 2.27. The van der Waals surface area contributed by atoms with Crippen LogP contribution < -0.4 is 5.73 Å². The van der Waals surface area contributed by atoms with Gasteiger partial charge in [0.1, 0.15) is 0 Å². The minimum atomic E-state index is -3.07. The van der Waals surface area contributed by atoms with Gasteiger partial charge >= 0.3 is 6.11 Å². The van der Waals surface area contributed by atoms with Gasteiger partial charge in [0.05, 0.1) is 11.9 Å². The maximum atomic E-state index is 12.0. The van der Waals surface area contributed by atoms with Crippen LogP contribution in [0.3, 0.4) is 0 Å². The lowest BCUT2D eigenvalue weighted by atomic mass is 10.7. The highest BCUT2D eigenvalue weighted by Crippen LogP contribution is 2.16. The van der Waals surface area contributed by atoms with Gasteiger partial charge in [-0.3, -0.25) is 0 Å². The number of ether oxygens (including phenoxy) is 1. The van der Waals surface area contributed by atoms with Gasteiger partial charge in [0, 0.05) is 6.54 Å². The lowest BCUT2D eigenvalue weighted by Crippen LogP contribution is -2.25. The van der Waals surface area contributed by atoms with E-state index >= 15 is 0 Å². The van der Waals surface area contributed by atoms with Crippen molar-refractivity contribution in [3.8, 4) is 0 Å². The van der Waals surface area contributed by atoms with Crippen LogP contribution >= 0.6 is 28.3 Å². The van der Waals surface area contributed by atoms with Crippen molar-refractivity contribution in [3.05, 3.63) is 0 Å². The van der Waals surface area contributed by atoms with Crippen LogP contribution in [0.25, 0.3) is 0 Å². The molecule has 0 spiro atoms. The van der Waals surface area contributed by atoms with Crippen molar-refractivity contribution in [2.45, 2.75) is 6.11 Å². The Morgan fingerprint density at radius 1 is 1.50 bits per heavy atom. The summed E-state index contributed by atoms with van der Waals surface area (Å²) in [6.07, 6.45) is -3.07. The zero-order valence-corrected chi connectivity index (χ0v) is 7.55. The fourth-order valence-electron chi connectivity index (χ4n) is 0.247. The molecule has 0 aliphatic carbocycles. The average molecular weight is 240 g/mol. The van der Waals surface area contributed by atoms with Crippen LogP contribution in [0.5, 0.6) is 0 Å². The first-order chi connectivity index (χ1) is 4.12. The zero-order valence-electron chi connectivity index (χ0n) is 5.15. The SMILES string of the molecule is Cl.NCCOC(F)(F)CBr. The van der Waals surface area contributed by atoms with Gasteiger partial charge in [-0.05, 0) is 0 Å². The zero-order chi connectivity index (χ0) is 7.33. The van der Waals surface area contributed by atoms with Crippen molar-refractivity contribution >= 4 is 28.3 Å². The Balaban J connectivity index is 0. The van der Waals surface area contributed by atoms with Crippen molar-refractivity contribution in [2.24, 2.45) is 5.73 Å². The first-order valence-electron chi connectivity index (χ1n) is 2.40. The molecule has 0 rings (SSSR count).